The Morgan fingerprint density at radius 2 is 1.81 bits per heavy atom. The summed E-state index contributed by atoms with van der Waals surface area (Å²) in [5.74, 6) is 0.864. The number of hydrogen-bond acceptors (Lipinski definition) is 5. The van der Waals surface area contributed by atoms with Gasteiger partial charge in [0.15, 0.2) is 11.5 Å². The van der Waals surface area contributed by atoms with Gasteiger partial charge in [-0.3, -0.25) is 4.79 Å². The van der Waals surface area contributed by atoms with Crippen molar-refractivity contribution in [2.45, 2.75) is 13.5 Å². The molecule has 1 aliphatic heterocycles. The number of rotatable bonds is 8. The lowest BCUT2D eigenvalue weighted by Crippen LogP contribution is -2.48. The maximum absolute atomic E-state index is 12.6. The molecule has 1 saturated heterocycles. The Labute approximate surface area is 180 Å². The second-order valence-electron chi connectivity index (χ2n) is 6.84. The summed E-state index contributed by atoms with van der Waals surface area (Å²) >= 11 is 0. The molecule has 1 aliphatic rings. The van der Waals surface area contributed by atoms with E-state index in [1.807, 2.05) is 31.2 Å². The number of anilines is 1. The maximum atomic E-state index is 12.6. The molecule has 166 valence electrons. The number of methoxy groups -OCH3 is 1. The fourth-order valence-corrected chi connectivity index (χ4v) is 3.42. The Bertz CT molecular complexity index is 912. The van der Waals surface area contributed by atoms with E-state index in [0.717, 1.165) is 11.4 Å². The number of piperazine rings is 1. The lowest BCUT2D eigenvalue weighted by molar-refractivity contribution is -0.126. The van der Waals surface area contributed by atoms with E-state index in [2.05, 4.69) is 9.64 Å². The summed E-state index contributed by atoms with van der Waals surface area (Å²) < 4.78 is 40.1. The molecule has 0 saturated carbocycles. The van der Waals surface area contributed by atoms with E-state index >= 15 is 0 Å². The van der Waals surface area contributed by atoms with E-state index < -0.39 is 6.61 Å². The molecule has 0 radical (unpaired) electrons. The van der Waals surface area contributed by atoms with Crippen LogP contribution in [0.2, 0.25) is 0 Å². The zero-order valence-electron chi connectivity index (χ0n) is 17.6. The molecule has 3 rings (SSSR count). The molecule has 0 bridgehead atoms. The van der Waals surface area contributed by atoms with Crippen LogP contribution in [0.25, 0.3) is 6.08 Å². The number of ether oxygens (including phenoxy) is 3. The van der Waals surface area contributed by atoms with Gasteiger partial charge in [-0.2, -0.15) is 8.78 Å². The second kappa shape index (κ2) is 10.7. The minimum absolute atomic E-state index is 0.0515. The highest BCUT2D eigenvalue weighted by molar-refractivity contribution is 5.92. The van der Waals surface area contributed by atoms with Gasteiger partial charge in [-0.1, -0.05) is 18.2 Å². The number of halogens is 2. The molecule has 0 spiro atoms. The van der Waals surface area contributed by atoms with Crippen LogP contribution in [0.5, 0.6) is 17.2 Å². The second-order valence-corrected chi connectivity index (χ2v) is 6.84. The quantitative estimate of drug-likeness (QED) is 0.589. The number of benzene rings is 2. The van der Waals surface area contributed by atoms with Crippen molar-refractivity contribution >= 4 is 17.7 Å². The van der Waals surface area contributed by atoms with Crippen LogP contribution >= 0.6 is 0 Å². The van der Waals surface area contributed by atoms with Crippen LogP contribution in [0.4, 0.5) is 14.5 Å². The molecular formula is C23H26F2N2O4. The molecule has 31 heavy (non-hydrogen) atoms. The Hall–Kier alpha value is -3.29. The number of amides is 1. The summed E-state index contributed by atoms with van der Waals surface area (Å²) in [6.45, 7) is 2.21. The average molecular weight is 432 g/mol. The van der Waals surface area contributed by atoms with Crippen LogP contribution in [-0.2, 0) is 4.79 Å². The van der Waals surface area contributed by atoms with Gasteiger partial charge >= 0.3 is 6.61 Å². The SMILES string of the molecule is CCOc1ccccc1N1CCN(C(=O)/C=C/c2ccc(OC(F)F)c(OC)c2)CC1. The van der Waals surface area contributed by atoms with Crippen molar-refractivity contribution in [3.63, 3.8) is 0 Å². The normalized spacial score (nSPS) is 14.2. The zero-order valence-corrected chi connectivity index (χ0v) is 17.6. The molecule has 1 fully saturated rings. The summed E-state index contributed by atoms with van der Waals surface area (Å²) in [4.78, 5) is 16.6. The third kappa shape index (κ3) is 5.87. The molecule has 2 aromatic rings. The maximum Gasteiger partial charge on any atom is 0.387 e. The van der Waals surface area contributed by atoms with Crippen molar-refractivity contribution in [2.24, 2.45) is 0 Å². The van der Waals surface area contributed by atoms with Crippen molar-refractivity contribution in [3.8, 4) is 17.2 Å². The van der Waals surface area contributed by atoms with Crippen LogP contribution in [-0.4, -0.2) is 57.3 Å². The molecule has 8 heteroatoms. The summed E-state index contributed by atoms with van der Waals surface area (Å²) in [5, 5.41) is 0. The number of para-hydroxylation sites is 2. The minimum Gasteiger partial charge on any atom is -0.493 e. The van der Waals surface area contributed by atoms with Crippen molar-refractivity contribution < 1.29 is 27.8 Å². The molecule has 2 aromatic carbocycles. The first kappa shape index (κ1) is 22.4. The lowest BCUT2D eigenvalue weighted by atomic mass is 10.1. The molecule has 0 aliphatic carbocycles. The van der Waals surface area contributed by atoms with E-state index in [0.29, 0.717) is 38.3 Å². The van der Waals surface area contributed by atoms with Gasteiger partial charge in [0.2, 0.25) is 5.91 Å². The van der Waals surface area contributed by atoms with Crippen molar-refractivity contribution in [3.05, 3.63) is 54.1 Å². The van der Waals surface area contributed by atoms with Gasteiger partial charge < -0.3 is 24.0 Å². The first-order chi connectivity index (χ1) is 15.0. The topological polar surface area (TPSA) is 51.2 Å². The summed E-state index contributed by atoms with van der Waals surface area (Å²) in [6.07, 6.45) is 3.11. The van der Waals surface area contributed by atoms with Crippen molar-refractivity contribution in [1.82, 2.24) is 4.90 Å². The van der Waals surface area contributed by atoms with E-state index in [9.17, 15) is 13.6 Å². The third-order valence-corrected chi connectivity index (χ3v) is 4.92. The van der Waals surface area contributed by atoms with Gasteiger partial charge in [0.25, 0.3) is 0 Å². The average Bonchev–Trinajstić information content (AvgIpc) is 2.78. The largest absolute Gasteiger partial charge is 0.493 e. The number of nitrogens with zero attached hydrogens (tertiary/aromatic N) is 2. The van der Waals surface area contributed by atoms with Gasteiger partial charge in [-0.15, -0.1) is 0 Å². The van der Waals surface area contributed by atoms with Crippen LogP contribution in [0, 0.1) is 0 Å². The Morgan fingerprint density at radius 3 is 2.48 bits per heavy atom. The molecule has 6 nitrogen and oxygen atoms in total. The van der Waals surface area contributed by atoms with Crippen LogP contribution < -0.4 is 19.1 Å². The Morgan fingerprint density at radius 1 is 1.06 bits per heavy atom. The molecule has 0 N–H and O–H groups in total. The van der Waals surface area contributed by atoms with E-state index in [4.69, 9.17) is 9.47 Å². The van der Waals surface area contributed by atoms with Crippen molar-refractivity contribution in [1.29, 1.82) is 0 Å². The Balaban J connectivity index is 1.59. The van der Waals surface area contributed by atoms with Gasteiger partial charge in [0.1, 0.15) is 5.75 Å². The van der Waals surface area contributed by atoms with Crippen LogP contribution in [0.3, 0.4) is 0 Å². The number of carbonyl (C=O) groups is 1. The van der Waals surface area contributed by atoms with E-state index in [1.165, 1.54) is 19.3 Å². The summed E-state index contributed by atoms with van der Waals surface area (Å²) in [7, 11) is 1.37. The fourth-order valence-electron chi connectivity index (χ4n) is 3.42. The van der Waals surface area contributed by atoms with Gasteiger partial charge in [0, 0.05) is 32.3 Å². The Kier molecular flexibility index (Phi) is 7.70. The zero-order chi connectivity index (χ0) is 22.2. The van der Waals surface area contributed by atoms with Gasteiger partial charge in [-0.25, -0.2) is 0 Å². The highest BCUT2D eigenvalue weighted by Crippen LogP contribution is 2.30. The highest BCUT2D eigenvalue weighted by atomic mass is 19.3. The first-order valence-electron chi connectivity index (χ1n) is 10.1. The molecule has 1 heterocycles. The van der Waals surface area contributed by atoms with Crippen molar-refractivity contribution in [2.75, 3.05) is 44.8 Å². The predicted octanol–water partition coefficient (Wildman–Crippen LogP) is 4.06. The van der Waals surface area contributed by atoms with Gasteiger partial charge in [-0.05, 0) is 42.8 Å². The van der Waals surface area contributed by atoms with E-state index in [-0.39, 0.29) is 17.4 Å². The number of hydrogen-bond donors (Lipinski definition) is 0. The monoisotopic (exact) mass is 432 g/mol. The molecule has 0 atom stereocenters. The summed E-state index contributed by atoms with van der Waals surface area (Å²) in [6, 6.07) is 12.4. The summed E-state index contributed by atoms with van der Waals surface area (Å²) in [5.41, 5.74) is 1.68. The smallest absolute Gasteiger partial charge is 0.387 e. The fraction of sp³-hybridized carbons (Fsp3) is 0.348. The number of alkyl halides is 2. The molecule has 0 unspecified atom stereocenters. The standard InChI is InChI=1S/C23H26F2N2O4/c1-3-30-19-7-5-4-6-18(19)26-12-14-27(15-13-26)22(28)11-9-17-8-10-20(31-23(24)25)21(16-17)29-2/h4-11,16,23H,3,12-15H2,1-2H3/b11-9+. The molecule has 0 aromatic heterocycles. The highest BCUT2D eigenvalue weighted by Gasteiger charge is 2.21. The van der Waals surface area contributed by atoms with Crippen LogP contribution in [0.1, 0.15) is 12.5 Å². The van der Waals surface area contributed by atoms with E-state index in [1.54, 1.807) is 23.1 Å². The molecule has 1 amide bonds. The predicted molar refractivity (Wildman–Crippen MR) is 115 cm³/mol. The van der Waals surface area contributed by atoms with Crippen LogP contribution in [0.15, 0.2) is 48.5 Å². The third-order valence-electron chi connectivity index (χ3n) is 4.92. The number of carbonyl (C=O) groups excluding carboxylic acids is 1. The first-order valence-corrected chi connectivity index (χ1v) is 10.1. The molecular weight excluding hydrogens is 406 g/mol. The van der Waals surface area contributed by atoms with Gasteiger partial charge in [0.05, 0.1) is 19.4 Å². The minimum atomic E-state index is -2.93. The lowest BCUT2D eigenvalue weighted by Gasteiger charge is -2.36.